The van der Waals surface area contributed by atoms with E-state index in [4.69, 9.17) is 0 Å². The summed E-state index contributed by atoms with van der Waals surface area (Å²) in [7, 11) is 0. The summed E-state index contributed by atoms with van der Waals surface area (Å²) in [6, 6.07) is 16.4. The fraction of sp³-hybridized carbons (Fsp3) is 0. The van der Waals surface area contributed by atoms with Gasteiger partial charge >= 0.3 is 6.03 Å². The number of rotatable bonds is 3. The van der Waals surface area contributed by atoms with Gasteiger partial charge in [0.25, 0.3) is 0 Å². The molecule has 0 radical (unpaired) electrons. The highest BCUT2D eigenvalue weighted by molar-refractivity contribution is 9.10. The van der Waals surface area contributed by atoms with Gasteiger partial charge in [0, 0.05) is 10.2 Å². The number of hydrazine groups is 1. The Morgan fingerprint density at radius 2 is 1.56 bits per heavy atom. The Balaban J connectivity index is 1.84. The van der Waals surface area contributed by atoms with Crippen molar-refractivity contribution in [1.29, 1.82) is 0 Å². The summed E-state index contributed by atoms with van der Waals surface area (Å²) in [5.41, 5.74) is 6.91. The summed E-state index contributed by atoms with van der Waals surface area (Å²) in [4.78, 5) is 11.6. The van der Waals surface area contributed by atoms with Crippen molar-refractivity contribution >= 4 is 33.3 Å². The van der Waals surface area contributed by atoms with Crippen molar-refractivity contribution in [3.63, 3.8) is 0 Å². The lowest BCUT2D eigenvalue weighted by Crippen LogP contribution is -2.33. The molecule has 0 spiro atoms. The topological polar surface area (TPSA) is 53.2 Å². The molecule has 2 aromatic rings. The number of halogens is 1. The van der Waals surface area contributed by atoms with Gasteiger partial charge in [0.2, 0.25) is 0 Å². The zero-order valence-electron chi connectivity index (χ0n) is 9.48. The van der Waals surface area contributed by atoms with E-state index in [1.807, 2.05) is 54.6 Å². The van der Waals surface area contributed by atoms with Gasteiger partial charge in [0.15, 0.2) is 0 Å². The van der Waals surface area contributed by atoms with Crippen molar-refractivity contribution in [2.24, 2.45) is 0 Å². The van der Waals surface area contributed by atoms with Crippen LogP contribution in [0.2, 0.25) is 0 Å². The van der Waals surface area contributed by atoms with Crippen LogP contribution >= 0.6 is 15.9 Å². The molecule has 0 aliphatic rings. The molecule has 0 atom stereocenters. The quantitative estimate of drug-likeness (QED) is 0.759. The normalized spacial score (nSPS) is 9.61. The minimum Gasteiger partial charge on any atom is -0.307 e. The molecule has 0 saturated heterocycles. The van der Waals surface area contributed by atoms with Crippen LogP contribution in [0.15, 0.2) is 59.1 Å². The minimum absolute atomic E-state index is 0.318. The first-order valence-electron chi connectivity index (χ1n) is 5.38. The van der Waals surface area contributed by atoms with Gasteiger partial charge in [0.1, 0.15) is 0 Å². The smallest absolute Gasteiger partial charge is 0.307 e. The largest absolute Gasteiger partial charge is 0.337 e. The number of nitrogens with one attached hydrogen (secondary N) is 3. The first-order chi connectivity index (χ1) is 8.74. The maximum Gasteiger partial charge on any atom is 0.337 e. The number of benzene rings is 2. The van der Waals surface area contributed by atoms with Gasteiger partial charge in [-0.15, -0.1) is 0 Å². The molecule has 2 rings (SSSR count). The Bertz CT molecular complexity index is 514. The molecule has 92 valence electrons. The third-order valence-corrected chi connectivity index (χ3v) is 2.72. The van der Waals surface area contributed by atoms with Crippen LogP contribution in [0.1, 0.15) is 0 Å². The van der Waals surface area contributed by atoms with E-state index in [0.29, 0.717) is 0 Å². The molecular weight excluding hydrogens is 294 g/mol. The number of hydrogen-bond acceptors (Lipinski definition) is 2. The highest BCUT2D eigenvalue weighted by atomic mass is 79.9. The van der Waals surface area contributed by atoms with E-state index in [1.54, 1.807) is 0 Å². The number of anilines is 2. The van der Waals surface area contributed by atoms with Crippen LogP contribution in [0.25, 0.3) is 0 Å². The van der Waals surface area contributed by atoms with Crippen molar-refractivity contribution in [1.82, 2.24) is 5.43 Å². The van der Waals surface area contributed by atoms with Crippen LogP contribution in [0.3, 0.4) is 0 Å². The molecule has 18 heavy (non-hydrogen) atoms. The molecule has 0 aromatic heterocycles. The monoisotopic (exact) mass is 305 g/mol. The average molecular weight is 306 g/mol. The second-order valence-corrected chi connectivity index (χ2v) is 4.49. The van der Waals surface area contributed by atoms with Gasteiger partial charge in [0.05, 0.1) is 5.69 Å². The lowest BCUT2D eigenvalue weighted by Gasteiger charge is -2.09. The van der Waals surface area contributed by atoms with Crippen molar-refractivity contribution in [2.75, 3.05) is 10.7 Å². The first-order valence-corrected chi connectivity index (χ1v) is 6.17. The summed E-state index contributed by atoms with van der Waals surface area (Å²) in [6.07, 6.45) is 0. The maximum absolute atomic E-state index is 11.6. The molecule has 0 unspecified atom stereocenters. The van der Waals surface area contributed by atoms with E-state index < -0.39 is 0 Å². The fourth-order valence-corrected chi connectivity index (χ4v) is 1.61. The van der Waals surface area contributed by atoms with Gasteiger partial charge in [-0.3, -0.25) is 10.9 Å². The van der Waals surface area contributed by atoms with Crippen LogP contribution in [0.5, 0.6) is 0 Å². The highest BCUT2D eigenvalue weighted by Gasteiger charge is 2.00. The van der Waals surface area contributed by atoms with E-state index in [-0.39, 0.29) is 6.03 Å². The summed E-state index contributed by atoms with van der Waals surface area (Å²) < 4.78 is 0.968. The van der Waals surface area contributed by atoms with E-state index in [9.17, 15) is 4.79 Å². The predicted molar refractivity (Wildman–Crippen MR) is 76.4 cm³/mol. The fourth-order valence-electron chi connectivity index (χ4n) is 1.35. The second-order valence-electron chi connectivity index (χ2n) is 3.58. The molecule has 2 aromatic carbocycles. The summed E-state index contributed by atoms with van der Waals surface area (Å²) >= 11 is 3.33. The summed E-state index contributed by atoms with van der Waals surface area (Å²) in [5, 5.41) is 2.71. The molecule has 0 fully saturated rings. The highest BCUT2D eigenvalue weighted by Crippen LogP contribution is 2.13. The lowest BCUT2D eigenvalue weighted by atomic mass is 10.3. The van der Waals surface area contributed by atoms with Crippen molar-refractivity contribution in [3.8, 4) is 0 Å². The zero-order chi connectivity index (χ0) is 12.8. The molecule has 0 aliphatic heterocycles. The zero-order valence-corrected chi connectivity index (χ0v) is 11.1. The Morgan fingerprint density at radius 3 is 2.22 bits per heavy atom. The Morgan fingerprint density at radius 1 is 0.889 bits per heavy atom. The average Bonchev–Trinajstić information content (AvgIpc) is 2.40. The van der Waals surface area contributed by atoms with E-state index in [2.05, 4.69) is 32.1 Å². The number of para-hydroxylation sites is 1. The maximum atomic E-state index is 11.6. The molecule has 0 heterocycles. The van der Waals surface area contributed by atoms with Crippen LogP contribution in [0.4, 0.5) is 16.2 Å². The Kier molecular flexibility index (Phi) is 4.20. The van der Waals surface area contributed by atoms with E-state index >= 15 is 0 Å². The lowest BCUT2D eigenvalue weighted by molar-refractivity contribution is 0.254. The van der Waals surface area contributed by atoms with Crippen molar-refractivity contribution in [2.45, 2.75) is 0 Å². The van der Waals surface area contributed by atoms with Crippen molar-refractivity contribution in [3.05, 3.63) is 59.1 Å². The number of carbonyl (C=O) groups excluding carboxylic acids is 1. The Hall–Kier alpha value is -2.01. The minimum atomic E-state index is -0.318. The molecule has 5 heteroatoms. The molecular formula is C13H12BrN3O. The number of urea groups is 1. The summed E-state index contributed by atoms with van der Waals surface area (Å²) in [5.74, 6) is 0. The van der Waals surface area contributed by atoms with Crippen molar-refractivity contribution < 1.29 is 4.79 Å². The van der Waals surface area contributed by atoms with Gasteiger partial charge in [-0.2, -0.15) is 0 Å². The molecule has 0 saturated carbocycles. The predicted octanol–water partition coefficient (Wildman–Crippen LogP) is 3.60. The number of hydrogen-bond donors (Lipinski definition) is 3. The van der Waals surface area contributed by atoms with Gasteiger partial charge in [-0.05, 0) is 36.4 Å². The standard InChI is InChI=1S/C13H12BrN3O/c14-10-6-8-11(9-7-10)15-13(18)17-16-12-4-2-1-3-5-12/h1-9,16H,(H2,15,17,18). The number of amides is 2. The first kappa shape index (κ1) is 12.4. The van der Waals surface area contributed by atoms with Crippen LogP contribution in [-0.2, 0) is 0 Å². The SMILES string of the molecule is O=C(NNc1ccccc1)Nc1ccc(Br)cc1. The molecule has 0 aliphatic carbocycles. The third-order valence-electron chi connectivity index (χ3n) is 2.20. The van der Waals surface area contributed by atoms with Gasteiger partial charge in [-0.25, -0.2) is 4.79 Å². The van der Waals surface area contributed by atoms with E-state index in [0.717, 1.165) is 15.8 Å². The molecule has 0 bridgehead atoms. The van der Waals surface area contributed by atoms with Crippen LogP contribution in [-0.4, -0.2) is 6.03 Å². The third kappa shape index (κ3) is 3.78. The molecule has 3 N–H and O–H groups in total. The molecule has 4 nitrogen and oxygen atoms in total. The van der Waals surface area contributed by atoms with Gasteiger partial charge in [-0.1, -0.05) is 34.1 Å². The van der Waals surface area contributed by atoms with Crippen LogP contribution in [0, 0.1) is 0 Å². The Labute approximate surface area is 114 Å². The van der Waals surface area contributed by atoms with E-state index in [1.165, 1.54) is 0 Å². The second kappa shape index (κ2) is 6.07. The summed E-state index contributed by atoms with van der Waals surface area (Å²) in [6.45, 7) is 0. The van der Waals surface area contributed by atoms with Crippen LogP contribution < -0.4 is 16.2 Å². The van der Waals surface area contributed by atoms with Gasteiger partial charge < -0.3 is 5.32 Å². The molecule has 2 amide bonds. The number of carbonyl (C=O) groups is 1.